The maximum atomic E-state index is 12.5. The molecule has 0 saturated carbocycles. The molecule has 2 aromatic heterocycles. The summed E-state index contributed by atoms with van der Waals surface area (Å²) in [6.07, 6.45) is 5.09. The number of hydrogen-bond acceptors (Lipinski definition) is 7. The number of nitrogens with zero attached hydrogens (tertiary/aromatic N) is 5. The van der Waals surface area contributed by atoms with E-state index in [-0.39, 0.29) is 18.3 Å². The lowest BCUT2D eigenvalue weighted by Crippen LogP contribution is -2.30. The number of aromatic nitrogens is 5. The number of unbranched alkanes of at least 4 members (excludes halogenated alkanes) is 1. The summed E-state index contributed by atoms with van der Waals surface area (Å²) in [6, 6.07) is 0.308. The van der Waals surface area contributed by atoms with Gasteiger partial charge in [0.1, 0.15) is 5.01 Å². The summed E-state index contributed by atoms with van der Waals surface area (Å²) in [5, 5.41) is 24.0. The standard InChI is InChI=1S/C15H23N7OS.ClH/c1-3-4-5-12-18-20-15(24-12)17-14(23)13-10(2)22(21-19-13)11-6-8-16-9-7-11;/h11,16H,3-9H2,1-2H3,(H,17,20,23);1H. The fourth-order valence-corrected chi connectivity index (χ4v) is 3.61. The molecule has 0 aliphatic carbocycles. The highest BCUT2D eigenvalue weighted by atomic mass is 35.5. The molecule has 1 amide bonds. The van der Waals surface area contributed by atoms with E-state index in [1.165, 1.54) is 11.3 Å². The minimum absolute atomic E-state index is 0. The molecule has 0 atom stereocenters. The molecule has 2 N–H and O–H groups in total. The van der Waals surface area contributed by atoms with Crippen LogP contribution in [0.5, 0.6) is 0 Å². The Hall–Kier alpha value is -1.58. The molecule has 0 bridgehead atoms. The van der Waals surface area contributed by atoms with Gasteiger partial charge in [0.15, 0.2) is 5.69 Å². The van der Waals surface area contributed by atoms with E-state index in [1.807, 2.05) is 11.6 Å². The first-order valence-electron chi connectivity index (χ1n) is 8.45. The number of carbonyl (C=O) groups is 1. The number of carbonyl (C=O) groups excluding carboxylic acids is 1. The van der Waals surface area contributed by atoms with Gasteiger partial charge in [-0.1, -0.05) is 29.9 Å². The van der Waals surface area contributed by atoms with Crippen LogP contribution in [0, 0.1) is 6.92 Å². The van der Waals surface area contributed by atoms with Gasteiger partial charge in [-0.05, 0) is 39.3 Å². The normalized spacial score (nSPS) is 15.0. The lowest BCUT2D eigenvalue weighted by Gasteiger charge is -2.23. The maximum Gasteiger partial charge on any atom is 0.279 e. The van der Waals surface area contributed by atoms with Crippen molar-refractivity contribution in [1.29, 1.82) is 0 Å². The van der Waals surface area contributed by atoms with Gasteiger partial charge in [0.05, 0.1) is 11.7 Å². The summed E-state index contributed by atoms with van der Waals surface area (Å²) in [4.78, 5) is 12.5. The van der Waals surface area contributed by atoms with Crippen LogP contribution in [0.3, 0.4) is 0 Å². The summed E-state index contributed by atoms with van der Waals surface area (Å²) in [5.74, 6) is -0.272. The molecule has 10 heteroatoms. The molecule has 1 saturated heterocycles. The van der Waals surface area contributed by atoms with Gasteiger partial charge >= 0.3 is 0 Å². The van der Waals surface area contributed by atoms with E-state index in [9.17, 15) is 4.79 Å². The number of aryl methyl sites for hydroxylation is 1. The number of amides is 1. The second-order valence-electron chi connectivity index (χ2n) is 6.01. The van der Waals surface area contributed by atoms with Crippen molar-refractivity contribution in [3.8, 4) is 0 Å². The molecular formula is C15H24ClN7OS. The van der Waals surface area contributed by atoms with Crippen molar-refractivity contribution in [2.24, 2.45) is 0 Å². The Balaban J connectivity index is 0.00000225. The average molecular weight is 386 g/mol. The zero-order chi connectivity index (χ0) is 16.9. The number of rotatable bonds is 6. The largest absolute Gasteiger partial charge is 0.317 e. The molecule has 2 aromatic rings. The van der Waals surface area contributed by atoms with Crippen molar-refractivity contribution in [1.82, 2.24) is 30.5 Å². The number of nitrogens with one attached hydrogen (secondary N) is 2. The molecule has 0 aromatic carbocycles. The second kappa shape index (κ2) is 9.21. The molecule has 1 aliphatic heterocycles. The maximum absolute atomic E-state index is 12.5. The monoisotopic (exact) mass is 385 g/mol. The summed E-state index contributed by atoms with van der Waals surface area (Å²) >= 11 is 1.42. The van der Waals surface area contributed by atoms with E-state index in [1.54, 1.807) is 0 Å². The van der Waals surface area contributed by atoms with E-state index in [0.29, 0.717) is 16.9 Å². The van der Waals surface area contributed by atoms with Crippen molar-refractivity contribution in [3.05, 3.63) is 16.4 Å². The summed E-state index contributed by atoms with van der Waals surface area (Å²) in [6.45, 7) is 5.97. The van der Waals surface area contributed by atoms with Crippen LogP contribution < -0.4 is 10.6 Å². The van der Waals surface area contributed by atoms with Gasteiger partial charge in [-0.25, -0.2) is 4.68 Å². The highest BCUT2D eigenvalue weighted by molar-refractivity contribution is 7.15. The van der Waals surface area contributed by atoms with Crippen molar-refractivity contribution >= 4 is 34.8 Å². The molecule has 3 rings (SSSR count). The third-order valence-corrected chi connectivity index (χ3v) is 5.13. The first-order valence-corrected chi connectivity index (χ1v) is 9.27. The Bertz CT molecular complexity index is 696. The molecular weight excluding hydrogens is 362 g/mol. The Morgan fingerprint density at radius 3 is 2.80 bits per heavy atom. The number of anilines is 1. The molecule has 0 unspecified atom stereocenters. The molecule has 0 spiro atoms. The van der Waals surface area contributed by atoms with Gasteiger partial charge < -0.3 is 5.32 Å². The first-order chi connectivity index (χ1) is 11.7. The highest BCUT2D eigenvalue weighted by Gasteiger charge is 2.23. The van der Waals surface area contributed by atoms with Crippen molar-refractivity contribution in [2.45, 2.75) is 52.0 Å². The van der Waals surface area contributed by atoms with Gasteiger partial charge in [-0.2, -0.15) is 0 Å². The van der Waals surface area contributed by atoms with Gasteiger partial charge in [-0.3, -0.25) is 10.1 Å². The van der Waals surface area contributed by atoms with Crippen LogP contribution in [0.2, 0.25) is 0 Å². The minimum atomic E-state index is -0.272. The van der Waals surface area contributed by atoms with E-state index < -0.39 is 0 Å². The van der Waals surface area contributed by atoms with E-state index in [2.05, 4.69) is 38.1 Å². The van der Waals surface area contributed by atoms with Crippen molar-refractivity contribution in [2.75, 3.05) is 18.4 Å². The first kappa shape index (κ1) is 19.7. The van der Waals surface area contributed by atoms with Gasteiger partial charge in [0, 0.05) is 6.42 Å². The summed E-state index contributed by atoms with van der Waals surface area (Å²) in [7, 11) is 0. The van der Waals surface area contributed by atoms with Crippen molar-refractivity contribution in [3.63, 3.8) is 0 Å². The Morgan fingerprint density at radius 2 is 2.08 bits per heavy atom. The topological polar surface area (TPSA) is 97.6 Å². The third-order valence-electron chi connectivity index (χ3n) is 4.23. The van der Waals surface area contributed by atoms with Crippen LogP contribution in [0.15, 0.2) is 0 Å². The van der Waals surface area contributed by atoms with E-state index in [4.69, 9.17) is 0 Å². The quantitative estimate of drug-likeness (QED) is 0.792. The number of halogens is 1. The van der Waals surface area contributed by atoms with Gasteiger partial charge in [0.25, 0.3) is 5.91 Å². The Kier molecular flexibility index (Phi) is 7.27. The fraction of sp³-hybridized carbons (Fsp3) is 0.667. The van der Waals surface area contributed by atoms with Gasteiger partial charge in [-0.15, -0.1) is 27.7 Å². The summed E-state index contributed by atoms with van der Waals surface area (Å²) < 4.78 is 1.88. The molecule has 0 radical (unpaired) electrons. The van der Waals surface area contributed by atoms with Crippen molar-refractivity contribution < 1.29 is 4.79 Å². The number of hydrogen-bond donors (Lipinski definition) is 2. The SMILES string of the molecule is CCCCc1nnc(NC(=O)c2nnn(C3CCNCC3)c2C)s1.Cl. The molecule has 1 aliphatic rings. The van der Waals surface area contributed by atoms with Crippen LogP contribution in [0.1, 0.15) is 59.8 Å². The smallest absolute Gasteiger partial charge is 0.279 e. The molecule has 3 heterocycles. The Morgan fingerprint density at radius 1 is 1.32 bits per heavy atom. The predicted octanol–water partition coefficient (Wildman–Crippen LogP) is 2.38. The molecule has 1 fully saturated rings. The fourth-order valence-electron chi connectivity index (χ4n) is 2.84. The lowest BCUT2D eigenvalue weighted by molar-refractivity contribution is 0.102. The molecule has 8 nitrogen and oxygen atoms in total. The molecule has 138 valence electrons. The van der Waals surface area contributed by atoms with E-state index in [0.717, 1.165) is 55.9 Å². The third kappa shape index (κ3) is 4.74. The van der Waals surface area contributed by atoms with Gasteiger partial charge in [0.2, 0.25) is 5.13 Å². The predicted molar refractivity (Wildman–Crippen MR) is 99.6 cm³/mol. The zero-order valence-corrected chi connectivity index (χ0v) is 16.1. The number of piperidine rings is 1. The minimum Gasteiger partial charge on any atom is -0.317 e. The Labute approximate surface area is 157 Å². The highest BCUT2D eigenvalue weighted by Crippen LogP contribution is 2.22. The average Bonchev–Trinajstić information content (AvgIpc) is 3.20. The van der Waals surface area contributed by atoms with Crippen LogP contribution in [0.25, 0.3) is 0 Å². The van der Waals surface area contributed by atoms with Crippen LogP contribution in [0.4, 0.5) is 5.13 Å². The van der Waals surface area contributed by atoms with E-state index >= 15 is 0 Å². The molecule has 25 heavy (non-hydrogen) atoms. The van der Waals surface area contributed by atoms with Crippen LogP contribution in [-0.2, 0) is 6.42 Å². The second-order valence-corrected chi connectivity index (χ2v) is 7.07. The van der Waals surface area contributed by atoms with Crippen LogP contribution >= 0.6 is 23.7 Å². The zero-order valence-electron chi connectivity index (χ0n) is 14.5. The summed E-state index contributed by atoms with van der Waals surface area (Å²) in [5.41, 5.74) is 1.16. The lowest BCUT2D eigenvalue weighted by atomic mass is 10.1. The van der Waals surface area contributed by atoms with Crippen LogP contribution in [-0.4, -0.2) is 44.2 Å².